The van der Waals surface area contributed by atoms with Gasteiger partial charge in [-0.25, -0.2) is 9.97 Å². The zero-order chi connectivity index (χ0) is 16.1. The Bertz CT molecular complexity index is 1040. The summed E-state index contributed by atoms with van der Waals surface area (Å²) in [5.74, 6) is 0.689. The summed E-state index contributed by atoms with van der Waals surface area (Å²) >= 11 is 0. The van der Waals surface area contributed by atoms with Gasteiger partial charge in [0.05, 0.1) is 0 Å². The number of nitrogens with zero attached hydrogens (tertiary/aromatic N) is 4. The van der Waals surface area contributed by atoms with Crippen LogP contribution in [0.3, 0.4) is 0 Å². The molecule has 5 rings (SSSR count). The third-order valence-electron chi connectivity index (χ3n) is 4.91. The summed E-state index contributed by atoms with van der Waals surface area (Å²) < 4.78 is 2.02. The van der Waals surface area contributed by atoms with E-state index in [1.54, 1.807) is 6.20 Å². The van der Waals surface area contributed by atoms with Crippen LogP contribution in [0, 0.1) is 5.41 Å². The molecular weight excluding hydrogens is 300 g/mol. The van der Waals surface area contributed by atoms with Crippen molar-refractivity contribution in [3.05, 3.63) is 43.1 Å². The fraction of sp³-hybridized carbons (Fsp3) is 0.278. The Hall–Kier alpha value is -2.89. The van der Waals surface area contributed by atoms with Gasteiger partial charge in [0.2, 0.25) is 5.95 Å². The normalized spacial score (nSPS) is 15.9. The van der Waals surface area contributed by atoms with Crippen molar-refractivity contribution in [1.82, 2.24) is 24.3 Å². The first-order valence-electron chi connectivity index (χ1n) is 8.21. The lowest BCUT2D eigenvalue weighted by Gasteiger charge is -2.09. The maximum atomic E-state index is 4.61. The van der Waals surface area contributed by atoms with Crippen LogP contribution in [0.5, 0.6) is 0 Å². The summed E-state index contributed by atoms with van der Waals surface area (Å²) in [6, 6.07) is 4.09. The number of imidazole rings is 1. The highest BCUT2D eigenvalue weighted by Crippen LogP contribution is 2.44. The van der Waals surface area contributed by atoms with Crippen LogP contribution >= 0.6 is 0 Å². The summed E-state index contributed by atoms with van der Waals surface area (Å²) in [7, 11) is 0. The van der Waals surface area contributed by atoms with E-state index >= 15 is 0 Å². The van der Waals surface area contributed by atoms with E-state index in [1.165, 1.54) is 12.8 Å². The predicted molar refractivity (Wildman–Crippen MR) is 93.9 cm³/mol. The van der Waals surface area contributed by atoms with Crippen LogP contribution in [0.25, 0.3) is 27.8 Å². The van der Waals surface area contributed by atoms with Gasteiger partial charge in [0, 0.05) is 54.0 Å². The first-order chi connectivity index (χ1) is 11.7. The fourth-order valence-electron chi connectivity index (χ4n) is 2.99. The molecular formula is C18H18N6. The Kier molecular flexibility index (Phi) is 2.71. The van der Waals surface area contributed by atoms with Gasteiger partial charge in [0.1, 0.15) is 11.3 Å². The molecule has 0 radical (unpaired) electrons. The second kappa shape index (κ2) is 4.80. The minimum atomic E-state index is 0.430. The summed E-state index contributed by atoms with van der Waals surface area (Å²) in [4.78, 5) is 16.6. The van der Waals surface area contributed by atoms with E-state index in [0.29, 0.717) is 11.4 Å². The molecule has 4 heterocycles. The van der Waals surface area contributed by atoms with Crippen LogP contribution in [0.15, 0.2) is 43.1 Å². The lowest BCUT2D eigenvalue weighted by atomic mass is 10.1. The number of anilines is 1. The maximum Gasteiger partial charge on any atom is 0.224 e. The van der Waals surface area contributed by atoms with Crippen LogP contribution in [0.2, 0.25) is 0 Å². The predicted octanol–water partition coefficient (Wildman–Crippen LogP) is 3.48. The Labute approximate surface area is 139 Å². The first kappa shape index (κ1) is 13.5. The van der Waals surface area contributed by atoms with Gasteiger partial charge in [-0.2, -0.15) is 4.98 Å². The van der Waals surface area contributed by atoms with Crippen LogP contribution in [-0.2, 0) is 0 Å². The lowest BCUT2D eigenvalue weighted by molar-refractivity contribution is 0.608. The van der Waals surface area contributed by atoms with Gasteiger partial charge in [-0.05, 0) is 30.4 Å². The quantitative estimate of drug-likeness (QED) is 0.604. The van der Waals surface area contributed by atoms with Crippen molar-refractivity contribution in [2.75, 3.05) is 11.9 Å². The van der Waals surface area contributed by atoms with Gasteiger partial charge in [-0.1, -0.05) is 6.92 Å². The molecule has 0 unspecified atom stereocenters. The molecule has 1 aliphatic carbocycles. The highest BCUT2D eigenvalue weighted by Gasteiger charge is 2.36. The van der Waals surface area contributed by atoms with Gasteiger partial charge in [0.25, 0.3) is 0 Å². The number of H-pyrrole nitrogens is 1. The Morgan fingerprint density at radius 1 is 1.29 bits per heavy atom. The molecule has 4 aromatic rings. The Morgan fingerprint density at radius 2 is 2.21 bits per heavy atom. The number of rotatable bonds is 4. The smallest absolute Gasteiger partial charge is 0.224 e. The minimum Gasteiger partial charge on any atom is -0.354 e. The van der Waals surface area contributed by atoms with Crippen molar-refractivity contribution >= 4 is 22.6 Å². The number of aromatic amines is 1. The largest absolute Gasteiger partial charge is 0.354 e. The van der Waals surface area contributed by atoms with Crippen molar-refractivity contribution in [1.29, 1.82) is 0 Å². The van der Waals surface area contributed by atoms with Crippen molar-refractivity contribution in [3.8, 4) is 11.1 Å². The lowest BCUT2D eigenvalue weighted by Crippen LogP contribution is -2.13. The minimum absolute atomic E-state index is 0.430. The molecule has 0 spiro atoms. The number of hydrogen-bond donors (Lipinski definition) is 2. The van der Waals surface area contributed by atoms with E-state index in [2.05, 4.69) is 44.4 Å². The average molecular weight is 318 g/mol. The molecule has 0 aromatic carbocycles. The number of aromatic nitrogens is 5. The van der Waals surface area contributed by atoms with Crippen molar-refractivity contribution in [2.45, 2.75) is 19.8 Å². The van der Waals surface area contributed by atoms with Crippen molar-refractivity contribution < 1.29 is 0 Å². The average Bonchev–Trinajstić information content (AvgIpc) is 3.02. The number of fused-ring (bicyclic) bond motifs is 2. The highest BCUT2D eigenvalue weighted by molar-refractivity contribution is 5.93. The zero-order valence-electron chi connectivity index (χ0n) is 13.5. The van der Waals surface area contributed by atoms with Crippen LogP contribution in [0.1, 0.15) is 19.8 Å². The molecule has 0 bridgehead atoms. The molecule has 24 heavy (non-hydrogen) atoms. The van der Waals surface area contributed by atoms with E-state index in [1.807, 2.05) is 29.1 Å². The molecule has 0 atom stereocenters. The Morgan fingerprint density at radius 3 is 3.08 bits per heavy atom. The molecule has 0 aliphatic heterocycles. The van der Waals surface area contributed by atoms with Crippen LogP contribution in [0.4, 0.5) is 5.95 Å². The number of pyridine rings is 1. The van der Waals surface area contributed by atoms with E-state index in [0.717, 1.165) is 34.4 Å². The van der Waals surface area contributed by atoms with Gasteiger partial charge in [0.15, 0.2) is 0 Å². The van der Waals surface area contributed by atoms with Gasteiger partial charge < -0.3 is 14.7 Å². The van der Waals surface area contributed by atoms with Crippen molar-refractivity contribution in [2.24, 2.45) is 5.41 Å². The molecule has 4 aromatic heterocycles. The summed E-state index contributed by atoms with van der Waals surface area (Å²) in [6.45, 7) is 3.22. The zero-order valence-corrected chi connectivity index (χ0v) is 13.5. The monoisotopic (exact) mass is 318 g/mol. The number of hydrogen-bond acceptors (Lipinski definition) is 4. The SMILES string of the molecule is CC1(CNc2ncc3c(-c4ccc5nccn5c4)c[nH]c3n2)CC1. The van der Waals surface area contributed by atoms with E-state index in [9.17, 15) is 0 Å². The molecule has 6 heteroatoms. The second-order valence-electron chi connectivity index (χ2n) is 6.93. The fourth-order valence-corrected chi connectivity index (χ4v) is 2.99. The molecule has 0 saturated heterocycles. The van der Waals surface area contributed by atoms with E-state index in [4.69, 9.17) is 0 Å². The summed E-state index contributed by atoms with van der Waals surface area (Å²) in [5.41, 5.74) is 4.44. The van der Waals surface area contributed by atoms with Crippen LogP contribution < -0.4 is 5.32 Å². The molecule has 1 aliphatic rings. The second-order valence-corrected chi connectivity index (χ2v) is 6.93. The molecule has 1 fully saturated rings. The highest BCUT2D eigenvalue weighted by atomic mass is 15.1. The van der Waals surface area contributed by atoms with Gasteiger partial charge in [-0.3, -0.25) is 0 Å². The maximum absolute atomic E-state index is 4.61. The van der Waals surface area contributed by atoms with E-state index < -0.39 is 0 Å². The molecule has 120 valence electrons. The van der Waals surface area contributed by atoms with Gasteiger partial charge in [-0.15, -0.1) is 0 Å². The summed E-state index contributed by atoms with van der Waals surface area (Å²) in [5, 5.41) is 4.38. The third-order valence-corrected chi connectivity index (χ3v) is 4.91. The molecule has 0 amide bonds. The standard InChI is InChI=1S/C18H18N6/c1-18(4-5-18)11-22-17-21-9-14-13(8-20-16(14)23-17)12-2-3-15-19-6-7-24(15)10-12/h2-3,6-10H,4-5,11H2,1H3,(H2,20,21,22,23). The third kappa shape index (κ3) is 2.22. The Balaban J connectivity index is 1.50. The van der Waals surface area contributed by atoms with E-state index in [-0.39, 0.29) is 0 Å². The summed E-state index contributed by atoms with van der Waals surface area (Å²) in [6.07, 6.45) is 12.3. The molecule has 6 nitrogen and oxygen atoms in total. The molecule has 2 N–H and O–H groups in total. The first-order valence-corrected chi connectivity index (χ1v) is 8.21. The topological polar surface area (TPSA) is 70.9 Å². The molecule has 1 saturated carbocycles. The van der Waals surface area contributed by atoms with Gasteiger partial charge >= 0.3 is 0 Å². The van der Waals surface area contributed by atoms with Crippen molar-refractivity contribution in [3.63, 3.8) is 0 Å². The van der Waals surface area contributed by atoms with Crippen LogP contribution in [-0.4, -0.2) is 30.9 Å². The number of nitrogens with one attached hydrogen (secondary N) is 2.